The number of nitrogens with one attached hydrogen (secondary N) is 2. The van der Waals surface area contributed by atoms with Gasteiger partial charge in [0.15, 0.2) is 0 Å². The Labute approximate surface area is 117 Å². The van der Waals surface area contributed by atoms with E-state index in [1.54, 1.807) is 19.2 Å². The largest absolute Gasteiger partial charge is 0.480 e. The molecule has 0 aliphatic rings. The minimum Gasteiger partial charge on any atom is -0.480 e. The number of carbonyl (C=O) groups is 2. The smallest absolute Gasteiger partial charge is 0.326 e. The molecular formula is C14H18N2O4. The van der Waals surface area contributed by atoms with Crippen molar-refractivity contribution in [1.82, 2.24) is 5.32 Å². The van der Waals surface area contributed by atoms with Crippen molar-refractivity contribution in [3.05, 3.63) is 42.5 Å². The number of para-hydroxylation sites is 1. The van der Waals surface area contributed by atoms with Crippen LogP contribution in [0.1, 0.15) is 12.0 Å². The summed E-state index contributed by atoms with van der Waals surface area (Å²) < 4.78 is 5.03. The molecule has 0 aliphatic carbocycles. The van der Waals surface area contributed by atoms with Crippen molar-refractivity contribution < 1.29 is 19.4 Å². The van der Waals surface area contributed by atoms with Crippen LogP contribution in [0.15, 0.2) is 36.9 Å². The van der Waals surface area contributed by atoms with Gasteiger partial charge < -0.3 is 20.5 Å². The Morgan fingerprint density at radius 2 is 2.15 bits per heavy atom. The van der Waals surface area contributed by atoms with Crippen molar-refractivity contribution in [3.8, 4) is 0 Å². The lowest BCUT2D eigenvalue weighted by atomic mass is 10.2. The van der Waals surface area contributed by atoms with Crippen molar-refractivity contribution in [2.24, 2.45) is 0 Å². The zero-order valence-electron chi connectivity index (χ0n) is 11.3. The van der Waals surface area contributed by atoms with Gasteiger partial charge in [-0.25, -0.2) is 9.59 Å². The fourth-order valence-corrected chi connectivity index (χ4v) is 1.63. The second-order valence-electron chi connectivity index (χ2n) is 4.10. The zero-order valence-corrected chi connectivity index (χ0v) is 11.3. The van der Waals surface area contributed by atoms with Crippen LogP contribution >= 0.6 is 0 Å². The lowest BCUT2D eigenvalue weighted by molar-refractivity contribution is -0.139. The summed E-state index contributed by atoms with van der Waals surface area (Å²) in [5.74, 6) is -1.11. The molecule has 0 bridgehead atoms. The Bertz CT molecular complexity index is 488. The molecule has 1 atom stereocenters. The summed E-state index contributed by atoms with van der Waals surface area (Å²) in [7, 11) is 1.56. The van der Waals surface area contributed by atoms with Crippen LogP contribution < -0.4 is 10.6 Å². The molecule has 1 aromatic rings. The number of aliphatic carboxylic acids is 1. The van der Waals surface area contributed by atoms with Gasteiger partial charge in [0, 0.05) is 18.4 Å². The number of carboxylic acid groups (broad SMARTS) is 1. The van der Waals surface area contributed by atoms with Gasteiger partial charge in [-0.2, -0.15) is 0 Å². The maximum absolute atomic E-state index is 11.8. The average molecular weight is 278 g/mol. The molecule has 0 aliphatic heterocycles. The molecule has 0 saturated heterocycles. The third kappa shape index (κ3) is 4.74. The van der Waals surface area contributed by atoms with Crippen LogP contribution in [0, 0.1) is 0 Å². The monoisotopic (exact) mass is 278 g/mol. The number of carbonyl (C=O) groups excluding carboxylic acids is 1. The first-order valence-corrected chi connectivity index (χ1v) is 6.06. The Kier molecular flexibility index (Phi) is 6.25. The molecule has 2 amide bonds. The molecular weight excluding hydrogens is 260 g/mol. The van der Waals surface area contributed by atoms with E-state index in [0.29, 0.717) is 12.3 Å². The molecule has 0 heterocycles. The summed E-state index contributed by atoms with van der Waals surface area (Å²) >= 11 is 0. The van der Waals surface area contributed by atoms with Crippen LogP contribution in [0.25, 0.3) is 0 Å². The number of urea groups is 1. The molecule has 6 nitrogen and oxygen atoms in total. The fraction of sp³-hybridized carbons (Fsp3) is 0.286. The van der Waals surface area contributed by atoms with Gasteiger partial charge in [0.05, 0.1) is 6.61 Å². The normalized spacial score (nSPS) is 11.4. The molecule has 0 radical (unpaired) electrons. The predicted octanol–water partition coefficient (Wildman–Crippen LogP) is 1.98. The summed E-state index contributed by atoms with van der Waals surface area (Å²) in [4.78, 5) is 22.7. The van der Waals surface area contributed by atoms with Crippen molar-refractivity contribution >= 4 is 17.7 Å². The molecule has 0 saturated carbocycles. The van der Waals surface area contributed by atoms with Crippen LogP contribution in [-0.4, -0.2) is 30.3 Å². The molecule has 0 fully saturated rings. The molecule has 0 aromatic heterocycles. The lowest BCUT2D eigenvalue weighted by Crippen LogP contribution is -2.42. The van der Waals surface area contributed by atoms with Gasteiger partial charge in [0.25, 0.3) is 0 Å². The van der Waals surface area contributed by atoms with Crippen LogP contribution in [0.3, 0.4) is 0 Å². The highest BCUT2D eigenvalue weighted by Crippen LogP contribution is 2.15. The number of hydrogen-bond donors (Lipinski definition) is 3. The lowest BCUT2D eigenvalue weighted by Gasteiger charge is -2.15. The molecule has 3 N–H and O–H groups in total. The Hall–Kier alpha value is -2.34. The molecule has 1 rings (SSSR count). The van der Waals surface area contributed by atoms with Gasteiger partial charge in [0.1, 0.15) is 6.04 Å². The van der Waals surface area contributed by atoms with E-state index in [1.165, 1.54) is 6.08 Å². The second kappa shape index (κ2) is 7.96. The van der Waals surface area contributed by atoms with E-state index in [0.717, 1.165) is 5.56 Å². The van der Waals surface area contributed by atoms with Crippen molar-refractivity contribution in [1.29, 1.82) is 0 Å². The Morgan fingerprint density at radius 3 is 2.75 bits per heavy atom. The summed E-state index contributed by atoms with van der Waals surface area (Å²) in [6, 6.07) is 5.56. The van der Waals surface area contributed by atoms with E-state index in [4.69, 9.17) is 9.84 Å². The first kappa shape index (κ1) is 15.7. The number of anilines is 1. The van der Waals surface area contributed by atoms with Gasteiger partial charge in [-0.15, -0.1) is 6.58 Å². The van der Waals surface area contributed by atoms with E-state index in [2.05, 4.69) is 17.2 Å². The maximum Gasteiger partial charge on any atom is 0.326 e. The quantitative estimate of drug-likeness (QED) is 0.665. The third-order valence-electron chi connectivity index (χ3n) is 2.57. The number of ether oxygens (including phenoxy) is 1. The van der Waals surface area contributed by atoms with Crippen LogP contribution in [-0.2, 0) is 16.1 Å². The predicted molar refractivity (Wildman–Crippen MR) is 75.5 cm³/mol. The molecule has 0 spiro atoms. The molecule has 1 aromatic carbocycles. The van der Waals surface area contributed by atoms with Gasteiger partial charge in [-0.3, -0.25) is 0 Å². The standard InChI is InChI=1S/C14H18N2O4/c1-3-6-12(13(17)18)16-14(19)15-11-8-5-4-7-10(11)9-20-2/h3-5,7-8,12H,1,6,9H2,2H3,(H,17,18)(H2,15,16,19). The van der Waals surface area contributed by atoms with Gasteiger partial charge in [-0.1, -0.05) is 24.3 Å². The van der Waals surface area contributed by atoms with Crippen LogP contribution in [0.5, 0.6) is 0 Å². The number of amides is 2. The Balaban J connectivity index is 2.70. The van der Waals surface area contributed by atoms with Gasteiger partial charge in [0.2, 0.25) is 0 Å². The Morgan fingerprint density at radius 1 is 1.45 bits per heavy atom. The molecule has 108 valence electrons. The summed E-state index contributed by atoms with van der Waals surface area (Å²) in [6.45, 7) is 3.81. The minimum atomic E-state index is -1.11. The van der Waals surface area contributed by atoms with Crippen LogP contribution in [0.2, 0.25) is 0 Å². The highest BCUT2D eigenvalue weighted by Gasteiger charge is 2.18. The van der Waals surface area contributed by atoms with Crippen LogP contribution in [0.4, 0.5) is 10.5 Å². The topological polar surface area (TPSA) is 87.7 Å². The SMILES string of the molecule is C=CCC(NC(=O)Nc1ccccc1COC)C(=O)O. The molecule has 1 unspecified atom stereocenters. The van der Waals surface area contributed by atoms with E-state index >= 15 is 0 Å². The van der Waals surface area contributed by atoms with Crippen molar-refractivity contribution in [2.75, 3.05) is 12.4 Å². The first-order valence-electron chi connectivity index (χ1n) is 6.06. The van der Waals surface area contributed by atoms with Crippen molar-refractivity contribution in [2.45, 2.75) is 19.1 Å². The number of rotatable bonds is 7. The zero-order chi connectivity index (χ0) is 15.0. The highest BCUT2D eigenvalue weighted by atomic mass is 16.5. The van der Waals surface area contributed by atoms with Gasteiger partial charge in [-0.05, 0) is 12.5 Å². The number of methoxy groups -OCH3 is 1. The van der Waals surface area contributed by atoms with Gasteiger partial charge >= 0.3 is 12.0 Å². The molecule has 20 heavy (non-hydrogen) atoms. The summed E-state index contributed by atoms with van der Waals surface area (Å²) in [5, 5.41) is 13.9. The van der Waals surface area contributed by atoms with Crippen molar-refractivity contribution in [3.63, 3.8) is 0 Å². The number of benzene rings is 1. The summed E-state index contributed by atoms with van der Waals surface area (Å²) in [5.41, 5.74) is 1.38. The van der Waals surface area contributed by atoms with E-state index < -0.39 is 18.0 Å². The van der Waals surface area contributed by atoms with E-state index in [9.17, 15) is 9.59 Å². The fourth-order valence-electron chi connectivity index (χ4n) is 1.63. The molecule has 6 heteroatoms. The first-order chi connectivity index (χ1) is 9.58. The second-order valence-corrected chi connectivity index (χ2v) is 4.10. The van der Waals surface area contributed by atoms with E-state index in [1.807, 2.05) is 12.1 Å². The van der Waals surface area contributed by atoms with E-state index in [-0.39, 0.29) is 6.42 Å². The highest BCUT2D eigenvalue weighted by molar-refractivity contribution is 5.92. The number of hydrogen-bond acceptors (Lipinski definition) is 3. The maximum atomic E-state index is 11.8. The summed E-state index contributed by atoms with van der Waals surface area (Å²) in [6.07, 6.45) is 1.60. The average Bonchev–Trinajstić information content (AvgIpc) is 2.40. The number of carboxylic acids is 1. The third-order valence-corrected chi connectivity index (χ3v) is 2.57. The minimum absolute atomic E-state index is 0.155.